The molecule has 1 aliphatic rings. The van der Waals surface area contributed by atoms with Crippen LogP contribution in [0.4, 0.5) is 0 Å². The number of carbonyl (C=O) groups excluding carboxylic acids is 2. The minimum Gasteiger partial charge on any atom is -0.352 e. The highest BCUT2D eigenvalue weighted by molar-refractivity contribution is 5.99. The molecule has 1 aromatic heterocycles. The third kappa shape index (κ3) is 5.44. The molecule has 1 saturated carbocycles. The molecule has 27 heavy (non-hydrogen) atoms. The van der Waals surface area contributed by atoms with Crippen LogP contribution in [0.25, 0.3) is 0 Å². The molecule has 6 nitrogen and oxygen atoms in total. The Balaban J connectivity index is 2.39. The van der Waals surface area contributed by atoms with E-state index in [0.717, 1.165) is 25.7 Å². The van der Waals surface area contributed by atoms with Crippen molar-refractivity contribution < 1.29 is 9.59 Å². The molecule has 1 heterocycles. The minimum absolute atomic E-state index is 0.0687. The van der Waals surface area contributed by atoms with E-state index in [0.29, 0.717) is 25.6 Å². The van der Waals surface area contributed by atoms with Crippen molar-refractivity contribution in [1.82, 2.24) is 14.8 Å². The zero-order chi connectivity index (χ0) is 20.0. The maximum atomic E-state index is 12.9. The van der Waals surface area contributed by atoms with Crippen LogP contribution in [0.1, 0.15) is 80.5 Å². The van der Waals surface area contributed by atoms with Gasteiger partial charge in [0.15, 0.2) is 0 Å². The number of pyridine rings is 1. The van der Waals surface area contributed by atoms with Gasteiger partial charge in [0.25, 0.3) is 11.8 Å². The van der Waals surface area contributed by atoms with E-state index in [1.807, 2.05) is 13.8 Å². The summed E-state index contributed by atoms with van der Waals surface area (Å²) in [5.41, 5.74) is -0.324. The van der Waals surface area contributed by atoms with Gasteiger partial charge in [-0.05, 0) is 32.6 Å². The summed E-state index contributed by atoms with van der Waals surface area (Å²) in [6.07, 6.45) is 8.49. The van der Waals surface area contributed by atoms with Crippen molar-refractivity contribution in [1.29, 1.82) is 0 Å². The Morgan fingerprint density at radius 2 is 1.70 bits per heavy atom. The van der Waals surface area contributed by atoms with Crippen molar-refractivity contribution in [3.05, 3.63) is 33.7 Å². The topological polar surface area (TPSA) is 71.4 Å². The lowest BCUT2D eigenvalue weighted by Gasteiger charge is -2.23. The Bertz CT molecular complexity index is 714. The fraction of sp³-hybridized carbons (Fsp3) is 0.667. The lowest BCUT2D eigenvalue weighted by molar-refractivity contribution is 0.0770. The molecule has 0 aromatic carbocycles. The van der Waals surface area contributed by atoms with E-state index in [1.54, 1.807) is 21.9 Å². The predicted molar refractivity (Wildman–Crippen MR) is 107 cm³/mol. The zero-order valence-corrected chi connectivity index (χ0v) is 17.1. The van der Waals surface area contributed by atoms with E-state index in [4.69, 9.17) is 0 Å². The summed E-state index contributed by atoms with van der Waals surface area (Å²) in [5.74, 6) is -0.341. The van der Waals surface area contributed by atoms with Gasteiger partial charge in [-0.25, -0.2) is 0 Å². The molecule has 1 aromatic rings. The smallest absolute Gasteiger partial charge is 0.259 e. The molecule has 0 aliphatic heterocycles. The first-order chi connectivity index (χ1) is 12.9. The lowest BCUT2D eigenvalue weighted by atomic mass is 9.95. The number of amides is 2. The number of nitrogens with one attached hydrogen (secondary N) is 1. The summed E-state index contributed by atoms with van der Waals surface area (Å²) in [6, 6.07) is 0.117. The summed E-state index contributed by atoms with van der Waals surface area (Å²) < 4.78 is 1.80. The van der Waals surface area contributed by atoms with Crippen LogP contribution in [-0.2, 0) is 6.54 Å². The van der Waals surface area contributed by atoms with Gasteiger partial charge in [0.2, 0.25) is 5.43 Å². The van der Waals surface area contributed by atoms with Gasteiger partial charge < -0.3 is 14.8 Å². The van der Waals surface area contributed by atoms with Crippen LogP contribution in [0.5, 0.6) is 0 Å². The van der Waals surface area contributed by atoms with E-state index >= 15 is 0 Å². The summed E-state index contributed by atoms with van der Waals surface area (Å²) in [4.78, 5) is 40.2. The Labute approximate surface area is 161 Å². The molecule has 0 radical (unpaired) electrons. The Morgan fingerprint density at radius 1 is 1.11 bits per heavy atom. The monoisotopic (exact) mass is 375 g/mol. The fourth-order valence-corrected chi connectivity index (χ4v) is 3.66. The Kier molecular flexibility index (Phi) is 7.63. The SMILES string of the molecule is CCN(CC)C(=O)c1cn(CC(C)C)cc(C(=O)NC2CCCCC2)c1=O. The molecule has 1 N–H and O–H groups in total. The van der Waals surface area contributed by atoms with Gasteiger partial charge in [-0.3, -0.25) is 14.4 Å². The standard InChI is InChI=1S/C21H33N3O3/c1-5-24(6-2)21(27)18-14-23(12-15(3)4)13-17(19(18)25)20(26)22-16-10-8-7-9-11-16/h13-16H,5-12H2,1-4H3,(H,22,26). The first-order valence-corrected chi connectivity index (χ1v) is 10.2. The maximum absolute atomic E-state index is 12.9. The van der Waals surface area contributed by atoms with E-state index in [1.165, 1.54) is 6.42 Å². The normalized spacial score (nSPS) is 15.0. The van der Waals surface area contributed by atoms with Crippen LogP contribution in [0.3, 0.4) is 0 Å². The fourth-order valence-electron chi connectivity index (χ4n) is 3.66. The minimum atomic E-state index is -0.472. The summed E-state index contributed by atoms with van der Waals surface area (Å²) in [5, 5.41) is 3.00. The zero-order valence-electron chi connectivity index (χ0n) is 17.1. The summed E-state index contributed by atoms with van der Waals surface area (Å²) in [7, 11) is 0. The quantitative estimate of drug-likeness (QED) is 0.796. The van der Waals surface area contributed by atoms with Crippen molar-refractivity contribution >= 4 is 11.8 Å². The maximum Gasteiger partial charge on any atom is 0.259 e. The largest absolute Gasteiger partial charge is 0.352 e. The van der Waals surface area contributed by atoms with Crippen LogP contribution >= 0.6 is 0 Å². The van der Waals surface area contributed by atoms with Crippen LogP contribution in [0.2, 0.25) is 0 Å². The molecule has 0 unspecified atom stereocenters. The molecule has 2 rings (SSSR count). The van der Waals surface area contributed by atoms with E-state index in [9.17, 15) is 14.4 Å². The highest BCUT2D eigenvalue weighted by Gasteiger charge is 2.24. The van der Waals surface area contributed by atoms with Crippen LogP contribution in [-0.4, -0.2) is 40.4 Å². The Morgan fingerprint density at radius 3 is 2.26 bits per heavy atom. The molecule has 6 heteroatoms. The number of hydrogen-bond acceptors (Lipinski definition) is 3. The molecule has 1 aliphatic carbocycles. The average Bonchev–Trinajstić information content (AvgIpc) is 2.64. The van der Waals surface area contributed by atoms with Crippen LogP contribution in [0, 0.1) is 5.92 Å². The van der Waals surface area contributed by atoms with Gasteiger partial charge in [0, 0.05) is 38.1 Å². The highest BCUT2D eigenvalue weighted by Crippen LogP contribution is 2.17. The van der Waals surface area contributed by atoms with E-state index in [2.05, 4.69) is 19.2 Å². The van der Waals surface area contributed by atoms with Crippen molar-refractivity contribution in [3.63, 3.8) is 0 Å². The van der Waals surface area contributed by atoms with Gasteiger partial charge >= 0.3 is 0 Å². The highest BCUT2D eigenvalue weighted by atomic mass is 16.2. The van der Waals surface area contributed by atoms with Crippen molar-refractivity contribution in [2.75, 3.05) is 13.1 Å². The molecule has 0 bridgehead atoms. The van der Waals surface area contributed by atoms with Crippen molar-refractivity contribution in [3.8, 4) is 0 Å². The summed E-state index contributed by atoms with van der Waals surface area (Å²) in [6.45, 7) is 9.58. The predicted octanol–water partition coefficient (Wildman–Crippen LogP) is 3.05. The molecule has 1 fully saturated rings. The lowest BCUT2D eigenvalue weighted by Crippen LogP contribution is -2.41. The third-order valence-electron chi connectivity index (χ3n) is 5.12. The molecule has 150 valence electrons. The number of rotatable bonds is 7. The van der Waals surface area contributed by atoms with Gasteiger partial charge in [0.1, 0.15) is 11.1 Å². The van der Waals surface area contributed by atoms with Crippen molar-refractivity contribution in [2.45, 2.75) is 72.4 Å². The third-order valence-corrected chi connectivity index (χ3v) is 5.12. The van der Waals surface area contributed by atoms with Gasteiger partial charge in [0.05, 0.1) is 0 Å². The second-order valence-corrected chi connectivity index (χ2v) is 7.79. The van der Waals surface area contributed by atoms with E-state index in [-0.39, 0.29) is 29.0 Å². The number of carbonyl (C=O) groups is 2. The molecule has 2 amide bonds. The van der Waals surface area contributed by atoms with E-state index < -0.39 is 5.43 Å². The molecule has 0 spiro atoms. The Hall–Kier alpha value is -2.11. The number of hydrogen-bond donors (Lipinski definition) is 1. The average molecular weight is 376 g/mol. The number of aromatic nitrogens is 1. The van der Waals surface area contributed by atoms with Gasteiger partial charge in [-0.15, -0.1) is 0 Å². The van der Waals surface area contributed by atoms with Crippen LogP contribution < -0.4 is 10.7 Å². The first kappa shape index (κ1) is 21.2. The van der Waals surface area contributed by atoms with Gasteiger partial charge in [-0.1, -0.05) is 33.1 Å². The first-order valence-electron chi connectivity index (χ1n) is 10.2. The molecule has 0 saturated heterocycles. The number of nitrogens with zero attached hydrogens (tertiary/aromatic N) is 2. The second-order valence-electron chi connectivity index (χ2n) is 7.79. The summed E-state index contributed by atoms with van der Waals surface area (Å²) >= 11 is 0. The molecule has 0 atom stereocenters. The molecular weight excluding hydrogens is 342 g/mol. The van der Waals surface area contributed by atoms with Crippen molar-refractivity contribution in [2.24, 2.45) is 5.92 Å². The van der Waals surface area contributed by atoms with Gasteiger partial charge in [-0.2, -0.15) is 0 Å². The van der Waals surface area contributed by atoms with Crippen LogP contribution in [0.15, 0.2) is 17.2 Å². The second kappa shape index (κ2) is 9.72. The molecular formula is C21H33N3O3.